The molecule has 1 aliphatic heterocycles. The quantitative estimate of drug-likeness (QED) is 0.661. The van der Waals surface area contributed by atoms with Crippen LogP contribution in [-0.2, 0) is 14.8 Å². The molecular weight excluding hydrogens is 444 g/mol. The van der Waals surface area contributed by atoms with Crippen molar-refractivity contribution in [1.29, 1.82) is 0 Å². The topological polar surface area (TPSA) is 99.3 Å². The Hall–Kier alpha value is -3.11. The number of rotatable bonds is 7. The molecule has 0 aliphatic carbocycles. The minimum Gasteiger partial charge on any atom is -0.449 e. The number of carbonyl (C=O) groups is 2. The summed E-state index contributed by atoms with van der Waals surface area (Å²) in [6.07, 6.45) is 1.58. The van der Waals surface area contributed by atoms with Gasteiger partial charge in [0.15, 0.2) is 0 Å². The van der Waals surface area contributed by atoms with Crippen LogP contribution in [0, 0.1) is 0 Å². The molecule has 1 aliphatic rings. The fourth-order valence-electron chi connectivity index (χ4n) is 3.59. The molecule has 10 heteroatoms. The lowest BCUT2D eigenvalue weighted by Gasteiger charge is -2.22. The normalized spacial score (nSPS) is 13.8. The molecule has 1 saturated heterocycles. The highest BCUT2D eigenvalue weighted by Crippen LogP contribution is 2.29. The van der Waals surface area contributed by atoms with Crippen LogP contribution >= 0.6 is 0 Å². The summed E-state index contributed by atoms with van der Waals surface area (Å²) >= 11 is 0. The molecule has 33 heavy (non-hydrogen) atoms. The van der Waals surface area contributed by atoms with Gasteiger partial charge in [-0.3, -0.25) is 9.69 Å². The maximum Gasteiger partial charge on any atom is 0.413 e. The Morgan fingerprint density at radius 1 is 1.03 bits per heavy atom. The second-order valence-electron chi connectivity index (χ2n) is 7.92. The summed E-state index contributed by atoms with van der Waals surface area (Å²) in [6, 6.07) is 11.4. The number of ether oxygens (including phenoxy) is 1. The second-order valence-corrected chi connectivity index (χ2v) is 10.1. The zero-order chi connectivity index (χ0) is 24.2. The van der Waals surface area contributed by atoms with Crippen LogP contribution in [0.1, 0.15) is 30.1 Å². The standard InChI is InChI=1S/C23H30N4O5S/c1-5-32-23(29)26(4)18-10-8-17(9-11-18)24-22(28)20-16-19(33(30,31)25(2)3)12-13-21(20)27-14-6-7-15-27/h8-13,16H,5-7,14-15H2,1-4H3,(H,24,28). The van der Waals surface area contributed by atoms with E-state index in [0.29, 0.717) is 22.6 Å². The number of benzene rings is 2. The van der Waals surface area contributed by atoms with Gasteiger partial charge in [-0.1, -0.05) is 0 Å². The third kappa shape index (κ3) is 5.45. The molecular formula is C23H30N4O5S. The summed E-state index contributed by atoms with van der Waals surface area (Å²) in [4.78, 5) is 28.6. The summed E-state index contributed by atoms with van der Waals surface area (Å²) < 4.78 is 31.4. The zero-order valence-corrected chi connectivity index (χ0v) is 20.2. The van der Waals surface area contributed by atoms with E-state index >= 15 is 0 Å². The van der Waals surface area contributed by atoms with Crippen LogP contribution in [0.2, 0.25) is 0 Å². The van der Waals surface area contributed by atoms with Crippen molar-refractivity contribution in [1.82, 2.24) is 4.31 Å². The molecule has 0 aromatic heterocycles. The maximum atomic E-state index is 13.2. The van der Waals surface area contributed by atoms with E-state index in [4.69, 9.17) is 4.74 Å². The van der Waals surface area contributed by atoms with Crippen molar-refractivity contribution in [3.8, 4) is 0 Å². The third-order valence-corrected chi connectivity index (χ3v) is 7.30. The molecule has 0 radical (unpaired) electrons. The first-order valence-electron chi connectivity index (χ1n) is 10.8. The van der Waals surface area contributed by atoms with Gasteiger partial charge in [-0.2, -0.15) is 0 Å². The minimum atomic E-state index is -3.69. The van der Waals surface area contributed by atoms with Crippen LogP contribution in [0.5, 0.6) is 0 Å². The summed E-state index contributed by atoms with van der Waals surface area (Å²) in [6.45, 7) is 3.64. The summed E-state index contributed by atoms with van der Waals surface area (Å²) in [5.74, 6) is -0.404. The second kappa shape index (κ2) is 10.2. The van der Waals surface area contributed by atoms with Crippen LogP contribution in [-0.4, -0.2) is 65.6 Å². The van der Waals surface area contributed by atoms with Crippen molar-refractivity contribution in [2.75, 3.05) is 56.0 Å². The average molecular weight is 475 g/mol. The van der Waals surface area contributed by atoms with Gasteiger partial charge in [0.25, 0.3) is 5.91 Å². The summed E-state index contributed by atoms with van der Waals surface area (Å²) in [7, 11) is 0.826. The fourth-order valence-corrected chi connectivity index (χ4v) is 4.52. The number of hydrogen-bond donors (Lipinski definition) is 1. The maximum absolute atomic E-state index is 13.2. The number of nitrogens with one attached hydrogen (secondary N) is 1. The number of sulfonamides is 1. The number of hydrogen-bond acceptors (Lipinski definition) is 6. The summed E-state index contributed by atoms with van der Waals surface area (Å²) in [5.41, 5.74) is 2.14. The van der Waals surface area contributed by atoms with Gasteiger partial charge < -0.3 is 15.0 Å². The van der Waals surface area contributed by atoms with Crippen molar-refractivity contribution in [3.63, 3.8) is 0 Å². The van der Waals surface area contributed by atoms with E-state index < -0.39 is 22.0 Å². The molecule has 2 amide bonds. The van der Waals surface area contributed by atoms with Crippen molar-refractivity contribution in [2.45, 2.75) is 24.7 Å². The van der Waals surface area contributed by atoms with E-state index in [1.807, 2.05) is 0 Å². The van der Waals surface area contributed by atoms with E-state index in [9.17, 15) is 18.0 Å². The monoisotopic (exact) mass is 474 g/mol. The first-order valence-corrected chi connectivity index (χ1v) is 12.2. The Morgan fingerprint density at radius 2 is 1.67 bits per heavy atom. The van der Waals surface area contributed by atoms with Gasteiger partial charge in [0.05, 0.1) is 17.1 Å². The Kier molecular flexibility index (Phi) is 7.60. The Morgan fingerprint density at radius 3 is 2.24 bits per heavy atom. The summed E-state index contributed by atoms with van der Waals surface area (Å²) in [5, 5.41) is 2.84. The number of anilines is 3. The van der Waals surface area contributed by atoms with Gasteiger partial charge >= 0.3 is 6.09 Å². The fraction of sp³-hybridized carbons (Fsp3) is 0.391. The number of amides is 2. The molecule has 0 bridgehead atoms. The number of carbonyl (C=O) groups excluding carboxylic acids is 2. The van der Waals surface area contributed by atoms with Gasteiger partial charge in [-0.15, -0.1) is 0 Å². The van der Waals surface area contributed by atoms with Gasteiger partial charge in [0, 0.05) is 51.3 Å². The molecule has 178 valence electrons. The van der Waals surface area contributed by atoms with E-state index in [2.05, 4.69) is 10.2 Å². The lowest BCUT2D eigenvalue weighted by atomic mass is 10.1. The van der Waals surface area contributed by atoms with Crippen molar-refractivity contribution in [2.24, 2.45) is 0 Å². The van der Waals surface area contributed by atoms with E-state index in [1.165, 1.54) is 25.1 Å². The molecule has 1 fully saturated rings. The van der Waals surface area contributed by atoms with Gasteiger partial charge in [-0.25, -0.2) is 17.5 Å². The molecule has 0 atom stereocenters. The molecule has 0 unspecified atom stereocenters. The highest BCUT2D eigenvalue weighted by atomic mass is 32.2. The van der Waals surface area contributed by atoms with Crippen LogP contribution in [0.15, 0.2) is 47.4 Å². The predicted molar refractivity (Wildman–Crippen MR) is 129 cm³/mol. The van der Waals surface area contributed by atoms with Crippen LogP contribution < -0.4 is 15.1 Å². The highest BCUT2D eigenvalue weighted by molar-refractivity contribution is 7.89. The SMILES string of the molecule is CCOC(=O)N(C)c1ccc(NC(=O)c2cc(S(=O)(=O)N(C)C)ccc2N2CCCC2)cc1. The van der Waals surface area contributed by atoms with Gasteiger partial charge in [0.2, 0.25) is 10.0 Å². The smallest absolute Gasteiger partial charge is 0.413 e. The van der Waals surface area contributed by atoms with Crippen LogP contribution in [0.4, 0.5) is 21.9 Å². The molecule has 0 saturated carbocycles. The number of nitrogens with zero attached hydrogens (tertiary/aromatic N) is 3. The highest BCUT2D eigenvalue weighted by Gasteiger charge is 2.24. The van der Waals surface area contributed by atoms with Crippen molar-refractivity contribution >= 4 is 39.1 Å². The van der Waals surface area contributed by atoms with Crippen LogP contribution in [0.25, 0.3) is 0 Å². The lowest BCUT2D eigenvalue weighted by molar-refractivity contribution is 0.102. The zero-order valence-electron chi connectivity index (χ0n) is 19.4. The largest absolute Gasteiger partial charge is 0.449 e. The molecule has 0 spiro atoms. The molecule has 2 aromatic rings. The van der Waals surface area contributed by atoms with Crippen LogP contribution in [0.3, 0.4) is 0 Å². The van der Waals surface area contributed by atoms with Crippen molar-refractivity contribution < 1.29 is 22.7 Å². The third-order valence-electron chi connectivity index (χ3n) is 5.49. The Labute approximate surface area is 195 Å². The average Bonchev–Trinajstić information content (AvgIpc) is 3.33. The van der Waals surface area contributed by atoms with E-state index in [1.54, 1.807) is 50.4 Å². The molecule has 9 nitrogen and oxygen atoms in total. The van der Waals surface area contributed by atoms with E-state index in [-0.39, 0.29) is 11.5 Å². The molecule has 3 rings (SSSR count). The Balaban J connectivity index is 1.88. The Bertz CT molecular complexity index is 1110. The first-order chi connectivity index (χ1) is 15.6. The first kappa shape index (κ1) is 24.5. The molecule has 1 heterocycles. The lowest BCUT2D eigenvalue weighted by Crippen LogP contribution is -2.27. The van der Waals surface area contributed by atoms with E-state index in [0.717, 1.165) is 30.2 Å². The predicted octanol–water partition coefficient (Wildman–Crippen LogP) is 3.38. The minimum absolute atomic E-state index is 0.0620. The molecule has 2 aromatic carbocycles. The van der Waals surface area contributed by atoms with Gasteiger partial charge in [-0.05, 0) is 62.2 Å². The molecule has 1 N–H and O–H groups in total. The van der Waals surface area contributed by atoms with Crippen molar-refractivity contribution in [3.05, 3.63) is 48.0 Å². The van der Waals surface area contributed by atoms with Gasteiger partial charge in [0.1, 0.15) is 0 Å².